The average Bonchev–Trinajstić information content (AvgIpc) is 3.52. The molecule has 0 bridgehead atoms. The van der Waals surface area contributed by atoms with Gasteiger partial charge in [0.15, 0.2) is 0 Å². The second-order valence-electron chi connectivity index (χ2n) is 9.88. The van der Waals surface area contributed by atoms with Crippen LogP contribution in [0.4, 0.5) is 4.79 Å². The fourth-order valence-electron chi connectivity index (χ4n) is 4.41. The van der Waals surface area contributed by atoms with Crippen LogP contribution >= 0.6 is 0 Å². The first-order valence-corrected chi connectivity index (χ1v) is 11.3. The van der Waals surface area contributed by atoms with Crippen LogP contribution in [0.25, 0.3) is 11.1 Å². The van der Waals surface area contributed by atoms with Gasteiger partial charge in [0.1, 0.15) is 6.61 Å². The molecule has 1 saturated carbocycles. The van der Waals surface area contributed by atoms with Crippen molar-refractivity contribution < 1.29 is 24.2 Å². The number of hydrogen-bond donors (Lipinski definition) is 3. The van der Waals surface area contributed by atoms with E-state index in [9.17, 15) is 19.5 Å². The molecule has 0 unspecified atom stereocenters. The zero-order valence-electron chi connectivity index (χ0n) is 19.0. The number of benzene rings is 2. The maximum atomic E-state index is 12.4. The van der Waals surface area contributed by atoms with Crippen LogP contribution < -0.4 is 10.6 Å². The van der Waals surface area contributed by atoms with Crippen molar-refractivity contribution in [3.05, 3.63) is 59.7 Å². The van der Waals surface area contributed by atoms with Gasteiger partial charge in [-0.25, -0.2) is 4.79 Å². The minimum absolute atomic E-state index is 0.00841. The summed E-state index contributed by atoms with van der Waals surface area (Å²) >= 11 is 0. The minimum Gasteiger partial charge on any atom is -0.481 e. The highest BCUT2D eigenvalue weighted by atomic mass is 16.5. The van der Waals surface area contributed by atoms with Crippen LogP contribution in [0, 0.1) is 10.8 Å². The Morgan fingerprint density at radius 2 is 1.58 bits per heavy atom. The first kappa shape index (κ1) is 22.8. The highest BCUT2D eigenvalue weighted by Crippen LogP contribution is 2.45. The van der Waals surface area contributed by atoms with Crippen LogP contribution in [0.15, 0.2) is 48.5 Å². The lowest BCUT2D eigenvalue weighted by Gasteiger charge is -2.25. The van der Waals surface area contributed by atoms with Crippen LogP contribution in [-0.4, -0.2) is 42.8 Å². The molecule has 0 heterocycles. The van der Waals surface area contributed by atoms with E-state index in [4.69, 9.17) is 4.74 Å². The third kappa shape index (κ3) is 5.02. The number of aliphatic carboxylic acids is 1. The maximum Gasteiger partial charge on any atom is 0.407 e. The summed E-state index contributed by atoms with van der Waals surface area (Å²) < 4.78 is 5.55. The van der Waals surface area contributed by atoms with Crippen molar-refractivity contribution in [1.29, 1.82) is 0 Å². The van der Waals surface area contributed by atoms with Crippen molar-refractivity contribution in [3.8, 4) is 11.1 Å². The van der Waals surface area contributed by atoms with Crippen molar-refractivity contribution in [1.82, 2.24) is 10.6 Å². The van der Waals surface area contributed by atoms with Crippen molar-refractivity contribution in [2.45, 2.75) is 39.0 Å². The Morgan fingerprint density at radius 3 is 2.12 bits per heavy atom. The summed E-state index contributed by atoms with van der Waals surface area (Å²) in [7, 11) is 0. The molecule has 0 aliphatic heterocycles. The normalized spacial score (nSPS) is 15.8. The Bertz CT molecular complexity index is 1030. The Morgan fingerprint density at radius 1 is 1.00 bits per heavy atom. The van der Waals surface area contributed by atoms with E-state index in [1.54, 1.807) is 0 Å². The Balaban J connectivity index is 1.25. The highest BCUT2D eigenvalue weighted by molar-refractivity contribution is 5.81. The van der Waals surface area contributed by atoms with E-state index in [0.29, 0.717) is 12.8 Å². The number of rotatable bonds is 9. The summed E-state index contributed by atoms with van der Waals surface area (Å²) in [5, 5.41) is 14.7. The third-order valence-electron chi connectivity index (χ3n) is 6.63. The number of hydrogen-bond acceptors (Lipinski definition) is 4. The number of alkyl carbamates (subject to hydrolysis) is 1. The van der Waals surface area contributed by atoms with Gasteiger partial charge in [-0.05, 0) is 40.5 Å². The molecule has 0 atom stereocenters. The second kappa shape index (κ2) is 8.89. The van der Waals surface area contributed by atoms with Gasteiger partial charge >= 0.3 is 12.1 Å². The van der Waals surface area contributed by atoms with Crippen molar-refractivity contribution in [2.75, 3.05) is 19.7 Å². The summed E-state index contributed by atoms with van der Waals surface area (Å²) in [6.07, 6.45) is 0.838. The van der Waals surface area contributed by atoms with Gasteiger partial charge in [-0.1, -0.05) is 62.4 Å². The van der Waals surface area contributed by atoms with E-state index in [1.165, 1.54) is 11.1 Å². The van der Waals surface area contributed by atoms with Crippen molar-refractivity contribution in [3.63, 3.8) is 0 Å². The second-order valence-corrected chi connectivity index (χ2v) is 9.88. The molecule has 174 valence electrons. The van der Waals surface area contributed by atoms with Crippen LogP contribution in [0.2, 0.25) is 0 Å². The molecule has 2 aliphatic rings. The summed E-state index contributed by atoms with van der Waals surface area (Å²) in [6, 6.07) is 16.3. The van der Waals surface area contributed by atoms with Gasteiger partial charge in [-0.15, -0.1) is 0 Å². The lowest BCUT2D eigenvalue weighted by Crippen LogP contribution is -2.40. The van der Waals surface area contributed by atoms with Gasteiger partial charge in [-0.2, -0.15) is 0 Å². The molecule has 1 fully saturated rings. The SMILES string of the molecule is CC(C)(CNC(=O)OCC1c2ccccc2-c2ccccc21)CC(=O)NCC1(C(=O)O)CC1. The van der Waals surface area contributed by atoms with Gasteiger partial charge in [0.25, 0.3) is 0 Å². The third-order valence-corrected chi connectivity index (χ3v) is 6.63. The standard InChI is InChI=1S/C26H30N2O5/c1-25(2,13-22(29)27-16-26(11-12-26)23(30)31)15-28-24(32)33-14-21-19-9-5-3-7-17(19)18-8-4-6-10-20(18)21/h3-10,21H,11-16H2,1-2H3,(H,27,29)(H,28,32)(H,30,31). The molecule has 7 heteroatoms. The molecule has 0 aromatic heterocycles. The van der Waals surface area contributed by atoms with E-state index >= 15 is 0 Å². The molecule has 0 radical (unpaired) electrons. The molecule has 2 aromatic rings. The predicted octanol–water partition coefficient (Wildman–Crippen LogP) is 3.92. The van der Waals surface area contributed by atoms with E-state index in [1.807, 2.05) is 38.1 Å². The smallest absolute Gasteiger partial charge is 0.407 e. The van der Waals surface area contributed by atoms with Gasteiger partial charge in [0.05, 0.1) is 5.41 Å². The van der Waals surface area contributed by atoms with Gasteiger partial charge in [0, 0.05) is 25.4 Å². The van der Waals surface area contributed by atoms with Gasteiger partial charge < -0.3 is 20.5 Å². The highest BCUT2D eigenvalue weighted by Gasteiger charge is 2.50. The largest absolute Gasteiger partial charge is 0.481 e. The topological polar surface area (TPSA) is 105 Å². The summed E-state index contributed by atoms with van der Waals surface area (Å²) in [4.78, 5) is 35.9. The molecule has 4 rings (SSSR count). The fraction of sp³-hybridized carbons (Fsp3) is 0.423. The number of carbonyl (C=O) groups is 3. The Labute approximate surface area is 193 Å². The molecule has 2 aromatic carbocycles. The molecule has 2 amide bonds. The number of nitrogens with one attached hydrogen (secondary N) is 2. The van der Waals surface area contributed by atoms with Crippen LogP contribution in [0.5, 0.6) is 0 Å². The molecular weight excluding hydrogens is 420 g/mol. The quantitative estimate of drug-likeness (QED) is 0.537. The van der Waals surface area contributed by atoms with Crippen LogP contribution in [-0.2, 0) is 14.3 Å². The minimum atomic E-state index is -0.862. The lowest BCUT2D eigenvalue weighted by atomic mass is 9.89. The molecule has 0 spiro atoms. The van der Waals surface area contributed by atoms with Gasteiger partial charge in [0.2, 0.25) is 5.91 Å². The number of amides is 2. The number of carboxylic acids is 1. The fourth-order valence-corrected chi connectivity index (χ4v) is 4.41. The van der Waals surface area contributed by atoms with Crippen molar-refractivity contribution in [2.24, 2.45) is 10.8 Å². The lowest BCUT2D eigenvalue weighted by molar-refractivity contribution is -0.143. The zero-order valence-corrected chi connectivity index (χ0v) is 19.0. The number of carbonyl (C=O) groups excluding carboxylic acids is 2. The first-order valence-electron chi connectivity index (χ1n) is 11.3. The Kier molecular flexibility index (Phi) is 6.15. The predicted molar refractivity (Wildman–Crippen MR) is 124 cm³/mol. The molecule has 2 aliphatic carbocycles. The maximum absolute atomic E-state index is 12.4. The molecule has 33 heavy (non-hydrogen) atoms. The van der Waals surface area contributed by atoms with Crippen molar-refractivity contribution >= 4 is 18.0 Å². The summed E-state index contributed by atoms with van der Waals surface area (Å²) in [6.45, 7) is 4.40. The summed E-state index contributed by atoms with van der Waals surface area (Å²) in [5.74, 6) is -1.09. The molecule has 3 N–H and O–H groups in total. The number of ether oxygens (including phenoxy) is 1. The number of carboxylic acid groups (broad SMARTS) is 1. The summed E-state index contributed by atoms with van der Waals surface area (Å²) in [5.41, 5.74) is 3.35. The van der Waals surface area contributed by atoms with Gasteiger partial charge in [-0.3, -0.25) is 9.59 Å². The van der Waals surface area contributed by atoms with E-state index in [2.05, 4.69) is 34.9 Å². The molecular formula is C26H30N2O5. The monoisotopic (exact) mass is 450 g/mol. The van der Waals surface area contributed by atoms with E-state index in [0.717, 1.165) is 11.1 Å². The molecule has 7 nitrogen and oxygen atoms in total. The number of fused-ring (bicyclic) bond motifs is 3. The van der Waals surface area contributed by atoms with E-state index in [-0.39, 0.29) is 37.9 Å². The van der Waals surface area contributed by atoms with Crippen LogP contribution in [0.1, 0.15) is 50.2 Å². The zero-order chi connectivity index (χ0) is 23.6. The Hall–Kier alpha value is -3.35. The first-order chi connectivity index (χ1) is 15.7. The van der Waals surface area contributed by atoms with Crippen LogP contribution in [0.3, 0.4) is 0 Å². The van der Waals surface area contributed by atoms with E-state index < -0.39 is 22.9 Å². The average molecular weight is 451 g/mol. The molecule has 0 saturated heterocycles.